The third kappa shape index (κ3) is 3.77. The summed E-state index contributed by atoms with van der Waals surface area (Å²) in [7, 11) is 0. The van der Waals surface area contributed by atoms with Crippen molar-refractivity contribution >= 4 is 39.7 Å². The molecule has 1 aliphatic rings. The lowest BCUT2D eigenvalue weighted by molar-refractivity contribution is 0.0951. The summed E-state index contributed by atoms with van der Waals surface area (Å²) in [5.41, 5.74) is 3.25. The summed E-state index contributed by atoms with van der Waals surface area (Å²) < 4.78 is 30.0. The van der Waals surface area contributed by atoms with Crippen molar-refractivity contribution in [1.82, 2.24) is 19.7 Å². The van der Waals surface area contributed by atoms with Gasteiger partial charge in [-0.15, -0.1) is 11.3 Å². The number of aromatic nitrogens is 3. The molecule has 1 fully saturated rings. The van der Waals surface area contributed by atoms with Crippen LogP contribution in [-0.4, -0.2) is 26.3 Å². The summed E-state index contributed by atoms with van der Waals surface area (Å²) in [5.74, 6) is -1.55. The number of amides is 1. The summed E-state index contributed by atoms with van der Waals surface area (Å²) in [5, 5.41) is 8.24. The Morgan fingerprint density at radius 3 is 2.65 bits per heavy atom. The lowest BCUT2D eigenvalue weighted by Gasteiger charge is -2.12. The highest BCUT2D eigenvalue weighted by atomic mass is 32.1. The molecule has 1 amide bonds. The van der Waals surface area contributed by atoms with E-state index >= 15 is 0 Å². The van der Waals surface area contributed by atoms with Gasteiger partial charge >= 0.3 is 0 Å². The fourth-order valence-corrected chi connectivity index (χ4v) is 4.57. The Kier molecular flexibility index (Phi) is 4.99. The molecular weight excluding hydrogens is 456 g/mol. The Labute approximate surface area is 197 Å². The van der Waals surface area contributed by atoms with Gasteiger partial charge in [-0.3, -0.25) is 9.20 Å². The number of thiophene rings is 1. The number of benzene rings is 2. The van der Waals surface area contributed by atoms with Gasteiger partial charge in [0.1, 0.15) is 0 Å². The fourth-order valence-electron chi connectivity index (χ4n) is 3.92. The molecule has 1 aliphatic carbocycles. The van der Waals surface area contributed by atoms with E-state index < -0.39 is 11.6 Å². The number of carbonyl (C=O) groups excluding carboxylic acids is 1. The Balaban J connectivity index is 1.45. The van der Waals surface area contributed by atoms with Gasteiger partial charge in [0, 0.05) is 34.2 Å². The molecule has 1 saturated carbocycles. The number of hydrogen-bond acceptors (Lipinski definition) is 5. The molecule has 9 heteroatoms. The smallest absolute Gasteiger partial charge is 0.251 e. The second-order valence-corrected chi connectivity index (χ2v) is 9.31. The molecule has 0 spiro atoms. The van der Waals surface area contributed by atoms with E-state index in [-0.39, 0.29) is 11.9 Å². The van der Waals surface area contributed by atoms with Crippen molar-refractivity contribution in [2.24, 2.45) is 0 Å². The average molecular weight is 476 g/mol. The van der Waals surface area contributed by atoms with Crippen LogP contribution < -0.4 is 10.6 Å². The summed E-state index contributed by atoms with van der Waals surface area (Å²) in [6.07, 6.45) is 3.72. The maximum Gasteiger partial charge on any atom is 0.251 e. The minimum absolute atomic E-state index is 0.0977. The molecule has 2 aromatic carbocycles. The highest BCUT2D eigenvalue weighted by molar-refractivity contribution is 7.09. The summed E-state index contributed by atoms with van der Waals surface area (Å²) in [6, 6.07) is 13.6. The van der Waals surface area contributed by atoms with Gasteiger partial charge in [-0.1, -0.05) is 18.2 Å². The molecule has 170 valence electrons. The molecule has 34 heavy (non-hydrogen) atoms. The number of halogens is 2. The second-order valence-electron chi connectivity index (χ2n) is 8.28. The molecular formula is C25H19F2N5OS. The predicted octanol–water partition coefficient (Wildman–Crippen LogP) is 5.39. The van der Waals surface area contributed by atoms with Gasteiger partial charge in [0.05, 0.1) is 29.5 Å². The first kappa shape index (κ1) is 20.7. The lowest BCUT2D eigenvalue weighted by Crippen LogP contribution is -2.25. The van der Waals surface area contributed by atoms with Crippen molar-refractivity contribution in [3.8, 4) is 11.3 Å². The predicted molar refractivity (Wildman–Crippen MR) is 128 cm³/mol. The minimum atomic E-state index is -0.962. The van der Waals surface area contributed by atoms with Crippen molar-refractivity contribution in [1.29, 1.82) is 0 Å². The average Bonchev–Trinajstić information content (AvgIpc) is 3.31. The lowest BCUT2D eigenvalue weighted by atomic mass is 10.1. The monoisotopic (exact) mass is 475 g/mol. The minimum Gasteiger partial charge on any atom is -0.362 e. The zero-order valence-electron chi connectivity index (χ0n) is 17.9. The summed E-state index contributed by atoms with van der Waals surface area (Å²) in [4.78, 5) is 22.5. The topological polar surface area (TPSA) is 71.3 Å². The molecule has 0 unspecified atom stereocenters. The van der Waals surface area contributed by atoms with Crippen LogP contribution in [0.4, 0.5) is 14.6 Å². The Bertz CT molecular complexity index is 1530. The molecule has 5 aromatic rings. The van der Waals surface area contributed by atoms with Crippen LogP contribution in [0.3, 0.4) is 0 Å². The van der Waals surface area contributed by atoms with Gasteiger partial charge in [-0.2, -0.15) is 0 Å². The van der Waals surface area contributed by atoms with E-state index in [1.807, 2.05) is 29.6 Å². The Morgan fingerprint density at radius 1 is 1.12 bits per heavy atom. The first-order chi connectivity index (χ1) is 16.6. The zero-order chi connectivity index (χ0) is 23.2. The van der Waals surface area contributed by atoms with Gasteiger partial charge in [0.2, 0.25) is 0 Å². The third-order valence-corrected chi connectivity index (χ3v) is 6.71. The summed E-state index contributed by atoms with van der Waals surface area (Å²) >= 11 is 1.61. The molecule has 3 aromatic heterocycles. The second kappa shape index (κ2) is 8.18. The molecule has 2 N–H and O–H groups in total. The van der Waals surface area contributed by atoms with Crippen molar-refractivity contribution < 1.29 is 13.6 Å². The number of carbonyl (C=O) groups is 1. The van der Waals surface area contributed by atoms with E-state index in [9.17, 15) is 13.6 Å². The van der Waals surface area contributed by atoms with E-state index in [0.29, 0.717) is 40.3 Å². The van der Waals surface area contributed by atoms with E-state index in [0.717, 1.165) is 35.4 Å². The number of fused-ring (bicyclic) bond motifs is 3. The number of imidazole rings is 1. The maximum atomic E-state index is 14.2. The standard InChI is InChI=1S/C25H19F2N5OS/c26-18-10-20-21(11-19(18)27)32-22(14-3-5-15(6-4-14)25(33)30-16-7-8-16)13-29-24(32)23(31-20)28-12-17-2-1-9-34-17/h1-6,9-11,13,16H,7-8,12H2,(H,28,31)(H,30,33). The molecule has 3 heterocycles. The molecule has 6 nitrogen and oxygen atoms in total. The first-order valence-corrected chi connectivity index (χ1v) is 11.8. The van der Waals surface area contributed by atoms with Gasteiger partial charge in [-0.05, 0) is 36.4 Å². The SMILES string of the molecule is O=C(NC1CC1)c1ccc(-c2cnc3c(NCc4cccs4)nc4cc(F)c(F)cc4n23)cc1. The van der Waals surface area contributed by atoms with Gasteiger partial charge in [0.25, 0.3) is 5.91 Å². The Morgan fingerprint density at radius 2 is 1.91 bits per heavy atom. The highest BCUT2D eigenvalue weighted by Gasteiger charge is 2.24. The van der Waals surface area contributed by atoms with E-state index in [4.69, 9.17) is 0 Å². The quantitative estimate of drug-likeness (QED) is 0.345. The van der Waals surface area contributed by atoms with E-state index in [1.165, 1.54) is 0 Å². The van der Waals surface area contributed by atoms with Gasteiger partial charge < -0.3 is 10.6 Å². The van der Waals surface area contributed by atoms with Crippen LogP contribution in [0.2, 0.25) is 0 Å². The highest BCUT2D eigenvalue weighted by Crippen LogP contribution is 2.30. The Hall–Kier alpha value is -3.85. The van der Waals surface area contributed by atoms with Crippen molar-refractivity contribution in [2.75, 3.05) is 5.32 Å². The molecule has 0 atom stereocenters. The van der Waals surface area contributed by atoms with Crippen LogP contribution in [0.5, 0.6) is 0 Å². The van der Waals surface area contributed by atoms with Crippen LogP contribution in [0.1, 0.15) is 28.1 Å². The van der Waals surface area contributed by atoms with Crippen LogP contribution in [-0.2, 0) is 6.54 Å². The third-order valence-electron chi connectivity index (χ3n) is 5.83. The molecule has 6 rings (SSSR count). The van der Waals surface area contributed by atoms with Crippen LogP contribution in [0.15, 0.2) is 60.1 Å². The first-order valence-electron chi connectivity index (χ1n) is 10.9. The molecule has 0 bridgehead atoms. The van der Waals surface area contributed by atoms with Crippen molar-refractivity contribution in [2.45, 2.75) is 25.4 Å². The number of hydrogen-bond donors (Lipinski definition) is 2. The zero-order valence-corrected chi connectivity index (χ0v) is 18.7. The number of nitrogens with one attached hydrogen (secondary N) is 2. The fraction of sp³-hybridized carbons (Fsp3) is 0.160. The van der Waals surface area contributed by atoms with Crippen molar-refractivity contribution in [3.05, 3.63) is 82.2 Å². The van der Waals surface area contributed by atoms with Crippen LogP contribution in [0, 0.1) is 11.6 Å². The van der Waals surface area contributed by atoms with Gasteiger partial charge in [0.15, 0.2) is 23.1 Å². The van der Waals surface area contributed by atoms with Crippen LogP contribution >= 0.6 is 11.3 Å². The van der Waals surface area contributed by atoms with E-state index in [1.54, 1.807) is 34.1 Å². The largest absolute Gasteiger partial charge is 0.362 e. The molecule has 0 radical (unpaired) electrons. The van der Waals surface area contributed by atoms with Crippen LogP contribution in [0.25, 0.3) is 27.9 Å². The number of rotatable bonds is 6. The summed E-state index contributed by atoms with van der Waals surface area (Å²) in [6.45, 7) is 0.530. The van der Waals surface area contributed by atoms with Crippen molar-refractivity contribution in [3.63, 3.8) is 0 Å². The molecule has 0 saturated heterocycles. The maximum absolute atomic E-state index is 14.2. The normalized spacial score (nSPS) is 13.5. The van der Waals surface area contributed by atoms with Gasteiger partial charge in [-0.25, -0.2) is 18.7 Å². The molecule has 0 aliphatic heterocycles. The number of nitrogens with zero attached hydrogens (tertiary/aromatic N) is 3. The van der Waals surface area contributed by atoms with E-state index in [2.05, 4.69) is 20.6 Å². The number of anilines is 1.